The first-order valence-electron chi connectivity index (χ1n) is 3.14. The predicted octanol–water partition coefficient (Wildman–Crippen LogP) is 0.440. The van der Waals surface area contributed by atoms with E-state index in [1.165, 1.54) is 0 Å². The van der Waals surface area contributed by atoms with E-state index >= 15 is 0 Å². The molecule has 0 saturated heterocycles. The first kappa shape index (κ1) is 23.7. The summed E-state index contributed by atoms with van der Waals surface area (Å²) in [5.74, 6) is 0. The third kappa shape index (κ3) is 14.7. The summed E-state index contributed by atoms with van der Waals surface area (Å²) in [7, 11) is -11.7. The number of hydrogen-bond donors (Lipinski definition) is 3. The Kier molecular flexibility index (Phi) is 8.76. The number of rotatable bonds is 0. The van der Waals surface area contributed by atoms with E-state index in [0.29, 0.717) is 0 Å². The molecule has 0 radical (unpaired) electrons. The minimum atomic E-state index is -5.84. The molecule has 0 spiro atoms. The highest BCUT2D eigenvalue weighted by Gasteiger charge is 2.45. The van der Waals surface area contributed by atoms with Crippen LogP contribution in [-0.2, 0) is 20.2 Å². The number of halogens is 6. The molecule has 0 aliphatic rings. The highest BCUT2D eigenvalue weighted by atomic mass is 32.2. The first-order chi connectivity index (χ1) is 8.23. The molecule has 0 aliphatic heterocycles. The van der Waals surface area contributed by atoms with Gasteiger partial charge in [0, 0.05) is 0 Å². The number of nitrogens with zero attached hydrogens (tertiary/aromatic N) is 1. The SMILES string of the molecule is O=S(=O)(O)C(F)(F)F.O=S(=O)(O)C(F)(F)F.O=[N+]([O-])O. The minimum Gasteiger partial charge on any atom is -0.328 e. The molecule has 0 bridgehead atoms. The fourth-order valence-corrected chi connectivity index (χ4v) is 0. The molecule has 0 saturated carbocycles. The van der Waals surface area contributed by atoms with Gasteiger partial charge in [-0.2, -0.15) is 43.2 Å². The molecular weight excluding hydrogens is 360 g/mol. The van der Waals surface area contributed by atoms with Crippen molar-refractivity contribution < 1.29 is 62.6 Å². The summed E-state index contributed by atoms with van der Waals surface area (Å²) in [5.41, 5.74) is -11.1. The van der Waals surface area contributed by atoms with Crippen molar-refractivity contribution in [2.75, 3.05) is 0 Å². The Morgan fingerprint density at radius 3 is 0.850 bits per heavy atom. The molecule has 0 aliphatic carbocycles. The van der Waals surface area contributed by atoms with Gasteiger partial charge in [-0.15, -0.1) is 10.1 Å². The lowest BCUT2D eigenvalue weighted by Crippen LogP contribution is -2.21. The molecule has 0 amide bonds. The third-order valence-corrected chi connectivity index (χ3v) is 1.75. The molecule has 0 aromatic heterocycles. The Balaban J connectivity index is -0.000000230. The molecule has 10 nitrogen and oxygen atoms in total. The lowest BCUT2D eigenvalue weighted by atomic mass is 11.6. The second-order valence-electron chi connectivity index (χ2n) is 2.08. The molecule has 0 aromatic rings. The van der Waals surface area contributed by atoms with Crippen molar-refractivity contribution in [3.63, 3.8) is 0 Å². The van der Waals surface area contributed by atoms with Crippen molar-refractivity contribution in [2.45, 2.75) is 11.0 Å². The molecule has 0 atom stereocenters. The summed E-state index contributed by atoms with van der Waals surface area (Å²) < 4.78 is 115. The molecule has 0 aromatic carbocycles. The molecule has 0 fully saturated rings. The quantitative estimate of drug-likeness (QED) is 0.181. The van der Waals surface area contributed by atoms with Gasteiger partial charge in [-0.3, -0.25) is 9.11 Å². The van der Waals surface area contributed by atoms with Gasteiger partial charge in [0.05, 0.1) is 0 Å². The van der Waals surface area contributed by atoms with Gasteiger partial charge < -0.3 is 5.21 Å². The fourth-order valence-electron chi connectivity index (χ4n) is 0. The molecule has 20 heavy (non-hydrogen) atoms. The van der Waals surface area contributed by atoms with Crippen LogP contribution in [0.15, 0.2) is 0 Å². The zero-order valence-corrected chi connectivity index (χ0v) is 9.96. The number of hydrogen-bond acceptors (Lipinski definition) is 6. The van der Waals surface area contributed by atoms with Crippen LogP contribution in [0, 0.1) is 10.1 Å². The molecular formula is C2H3F6NO9S2. The van der Waals surface area contributed by atoms with Crippen molar-refractivity contribution in [1.29, 1.82) is 0 Å². The molecule has 0 rings (SSSR count). The normalized spacial score (nSPS) is 12.4. The van der Waals surface area contributed by atoms with Crippen LogP contribution in [-0.4, -0.2) is 47.3 Å². The average Bonchev–Trinajstić information content (AvgIpc) is 1.94. The van der Waals surface area contributed by atoms with E-state index in [4.69, 9.17) is 41.3 Å². The monoisotopic (exact) mass is 363 g/mol. The zero-order chi connectivity index (χ0) is 17.6. The Labute approximate surface area is 105 Å². The Bertz CT molecular complexity index is 454. The average molecular weight is 363 g/mol. The zero-order valence-electron chi connectivity index (χ0n) is 8.32. The van der Waals surface area contributed by atoms with Gasteiger partial charge in [-0.05, 0) is 0 Å². The Morgan fingerprint density at radius 1 is 0.800 bits per heavy atom. The smallest absolute Gasteiger partial charge is 0.328 e. The van der Waals surface area contributed by atoms with E-state index in [1.54, 1.807) is 0 Å². The van der Waals surface area contributed by atoms with E-state index in [1.807, 2.05) is 0 Å². The largest absolute Gasteiger partial charge is 0.522 e. The predicted molar refractivity (Wildman–Crippen MR) is 44.0 cm³/mol. The second kappa shape index (κ2) is 7.40. The maximum atomic E-state index is 10.7. The number of alkyl halides is 6. The van der Waals surface area contributed by atoms with Crippen LogP contribution in [0.1, 0.15) is 0 Å². The van der Waals surface area contributed by atoms with E-state index in [0.717, 1.165) is 0 Å². The Morgan fingerprint density at radius 2 is 0.850 bits per heavy atom. The van der Waals surface area contributed by atoms with Crippen LogP contribution in [0.4, 0.5) is 26.3 Å². The van der Waals surface area contributed by atoms with Gasteiger partial charge in [-0.25, -0.2) is 0 Å². The van der Waals surface area contributed by atoms with Gasteiger partial charge >= 0.3 is 31.3 Å². The molecule has 18 heteroatoms. The van der Waals surface area contributed by atoms with Gasteiger partial charge in [0.1, 0.15) is 0 Å². The van der Waals surface area contributed by atoms with E-state index in [9.17, 15) is 26.3 Å². The summed E-state index contributed by atoms with van der Waals surface area (Å²) in [6, 6.07) is 0. The summed E-state index contributed by atoms with van der Waals surface area (Å²) in [6.45, 7) is 0. The summed E-state index contributed by atoms with van der Waals surface area (Å²) >= 11 is 0. The highest BCUT2D eigenvalue weighted by Crippen LogP contribution is 2.21. The van der Waals surface area contributed by atoms with Gasteiger partial charge in [0.15, 0.2) is 0 Å². The maximum Gasteiger partial charge on any atom is 0.522 e. The summed E-state index contributed by atoms with van der Waals surface area (Å²) in [5, 5.41) is 13.6. The minimum absolute atomic E-state index is 1.50. The van der Waals surface area contributed by atoms with Crippen molar-refractivity contribution in [3.8, 4) is 0 Å². The summed E-state index contributed by atoms with van der Waals surface area (Å²) in [4.78, 5) is 8.36. The second-order valence-corrected chi connectivity index (χ2v) is 4.91. The van der Waals surface area contributed by atoms with Crippen LogP contribution < -0.4 is 0 Å². The van der Waals surface area contributed by atoms with E-state index in [-0.39, 0.29) is 0 Å². The lowest BCUT2D eigenvalue weighted by molar-refractivity contribution is -0.742. The van der Waals surface area contributed by atoms with Crippen molar-refractivity contribution in [2.24, 2.45) is 0 Å². The van der Waals surface area contributed by atoms with Gasteiger partial charge in [-0.1, -0.05) is 0 Å². The molecule has 124 valence electrons. The van der Waals surface area contributed by atoms with Crippen molar-refractivity contribution >= 4 is 20.2 Å². The molecule has 0 heterocycles. The van der Waals surface area contributed by atoms with Crippen molar-refractivity contribution in [1.82, 2.24) is 0 Å². The van der Waals surface area contributed by atoms with Gasteiger partial charge in [0.25, 0.3) is 5.09 Å². The van der Waals surface area contributed by atoms with Gasteiger partial charge in [0.2, 0.25) is 0 Å². The van der Waals surface area contributed by atoms with Crippen molar-refractivity contribution in [3.05, 3.63) is 10.1 Å². The standard InChI is InChI=1S/2CHF3O3S.HNO3/c2*2-1(3,4)8(5,6)7;2-1(3)4/h2*(H,5,6,7);(H,2,3,4). The Hall–Kier alpha value is -1.40. The van der Waals surface area contributed by atoms with Crippen LogP contribution in [0.25, 0.3) is 0 Å². The first-order valence-corrected chi connectivity index (χ1v) is 6.02. The molecule has 3 N–H and O–H groups in total. The van der Waals surface area contributed by atoms with Crippen LogP contribution in [0.2, 0.25) is 0 Å². The fraction of sp³-hybridized carbons (Fsp3) is 1.00. The van der Waals surface area contributed by atoms with Crippen LogP contribution in [0.5, 0.6) is 0 Å². The highest BCUT2D eigenvalue weighted by molar-refractivity contribution is 7.86. The maximum absolute atomic E-state index is 10.7. The van der Waals surface area contributed by atoms with E-state index < -0.39 is 36.3 Å². The van der Waals surface area contributed by atoms with Crippen LogP contribution >= 0.6 is 0 Å². The molecule has 0 unspecified atom stereocenters. The lowest BCUT2D eigenvalue weighted by Gasteiger charge is -1.97. The van der Waals surface area contributed by atoms with Crippen LogP contribution in [0.3, 0.4) is 0 Å². The summed E-state index contributed by atoms with van der Waals surface area (Å²) in [6.07, 6.45) is 0. The topological polar surface area (TPSA) is 172 Å². The van der Waals surface area contributed by atoms with E-state index in [2.05, 4.69) is 0 Å². The third-order valence-electron chi connectivity index (χ3n) is 0.585.